The summed E-state index contributed by atoms with van der Waals surface area (Å²) in [6.45, 7) is 3.52. The third kappa shape index (κ3) is 5.00. The number of hydrogen-bond acceptors (Lipinski definition) is 5. The molecule has 154 valence electrons. The van der Waals surface area contributed by atoms with Crippen molar-refractivity contribution in [2.45, 2.75) is 6.54 Å². The topological polar surface area (TPSA) is 102 Å². The van der Waals surface area contributed by atoms with Crippen LogP contribution in [0.3, 0.4) is 0 Å². The van der Waals surface area contributed by atoms with Gasteiger partial charge in [-0.2, -0.15) is 0 Å². The fraction of sp³-hybridized carbons (Fsp3) is 0.0500. The molecule has 3 aromatic rings. The molecule has 0 aliphatic rings. The van der Waals surface area contributed by atoms with Crippen molar-refractivity contribution in [3.05, 3.63) is 77.1 Å². The van der Waals surface area contributed by atoms with E-state index in [1.165, 1.54) is 30.6 Å². The van der Waals surface area contributed by atoms with Crippen LogP contribution in [0, 0.1) is 11.6 Å². The Bertz CT molecular complexity index is 1110. The van der Waals surface area contributed by atoms with Crippen molar-refractivity contribution < 1.29 is 18.3 Å². The Morgan fingerprint density at radius 1 is 1.23 bits per heavy atom. The normalized spacial score (nSPS) is 10.4. The molecule has 0 fully saturated rings. The predicted octanol–water partition coefficient (Wildman–Crippen LogP) is 4.75. The van der Waals surface area contributed by atoms with E-state index < -0.39 is 17.7 Å². The van der Waals surface area contributed by atoms with Gasteiger partial charge < -0.3 is 21.1 Å². The van der Waals surface area contributed by atoms with E-state index in [4.69, 9.17) is 22.1 Å². The number of nitrogens with zero attached hydrogens (tertiary/aromatic N) is 2. The minimum Gasteiger partial charge on any atom is -0.438 e. The molecule has 0 bridgehead atoms. The molecule has 1 aromatic heterocycles. The Labute approximate surface area is 175 Å². The molecule has 0 saturated heterocycles. The van der Waals surface area contributed by atoms with Gasteiger partial charge in [-0.1, -0.05) is 30.3 Å². The summed E-state index contributed by atoms with van der Waals surface area (Å²) in [5.41, 5.74) is 6.63. The van der Waals surface area contributed by atoms with E-state index in [0.29, 0.717) is 17.0 Å². The van der Waals surface area contributed by atoms with Gasteiger partial charge in [-0.3, -0.25) is 0 Å². The summed E-state index contributed by atoms with van der Waals surface area (Å²) in [4.78, 5) is 19.9. The van der Waals surface area contributed by atoms with Crippen LogP contribution in [0.4, 0.5) is 25.1 Å². The number of aromatic nitrogens is 2. The highest BCUT2D eigenvalue weighted by molar-refractivity contribution is 6.33. The molecule has 7 nitrogen and oxygen atoms in total. The van der Waals surface area contributed by atoms with Crippen LogP contribution < -0.4 is 21.1 Å². The summed E-state index contributed by atoms with van der Waals surface area (Å²) in [7, 11) is 0. The zero-order valence-corrected chi connectivity index (χ0v) is 16.2. The molecule has 4 N–H and O–H groups in total. The number of carbonyl (C=O) groups excluding carboxylic acids is 1. The number of ether oxygens (including phenoxy) is 1. The molecule has 0 atom stereocenters. The van der Waals surface area contributed by atoms with Crippen LogP contribution in [0.5, 0.6) is 11.6 Å². The summed E-state index contributed by atoms with van der Waals surface area (Å²) >= 11 is 6.20. The van der Waals surface area contributed by atoms with E-state index in [9.17, 15) is 13.6 Å². The van der Waals surface area contributed by atoms with Crippen LogP contribution in [0.25, 0.3) is 6.08 Å². The number of benzene rings is 2. The van der Waals surface area contributed by atoms with E-state index in [1.807, 2.05) is 0 Å². The maximum Gasteiger partial charge on any atom is 0.319 e. The van der Waals surface area contributed by atoms with Crippen molar-refractivity contribution in [2.75, 3.05) is 11.1 Å². The van der Waals surface area contributed by atoms with Crippen molar-refractivity contribution in [2.24, 2.45) is 0 Å². The van der Waals surface area contributed by atoms with Crippen molar-refractivity contribution >= 4 is 35.2 Å². The molecular formula is C20H16ClF2N5O2. The van der Waals surface area contributed by atoms with Crippen molar-refractivity contribution in [1.82, 2.24) is 15.3 Å². The first-order valence-corrected chi connectivity index (χ1v) is 8.94. The van der Waals surface area contributed by atoms with E-state index in [0.717, 1.165) is 12.1 Å². The lowest BCUT2D eigenvalue weighted by Crippen LogP contribution is -2.28. The van der Waals surface area contributed by atoms with Crippen molar-refractivity contribution in [3.8, 4) is 11.6 Å². The number of anilines is 2. The van der Waals surface area contributed by atoms with Gasteiger partial charge in [0, 0.05) is 24.2 Å². The summed E-state index contributed by atoms with van der Waals surface area (Å²) < 4.78 is 32.2. The van der Waals surface area contributed by atoms with Crippen LogP contribution in [0.1, 0.15) is 11.1 Å². The number of carbonyl (C=O) groups is 1. The zero-order valence-electron chi connectivity index (χ0n) is 15.5. The number of nitrogen functional groups attached to an aromatic ring is 1. The number of urea groups is 1. The Balaban J connectivity index is 1.64. The Morgan fingerprint density at radius 2 is 2.03 bits per heavy atom. The van der Waals surface area contributed by atoms with Gasteiger partial charge in [0.2, 0.25) is 5.88 Å². The third-order valence-corrected chi connectivity index (χ3v) is 4.25. The number of amides is 2. The van der Waals surface area contributed by atoms with Gasteiger partial charge in [0.05, 0.1) is 16.3 Å². The second-order valence-corrected chi connectivity index (χ2v) is 6.38. The first kappa shape index (κ1) is 21.0. The molecule has 30 heavy (non-hydrogen) atoms. The van der Waals surface area contributed by atoms with Crippen LogP contribution in [0.15, 0.2) is 49.3 Å². The lowest BCUT2D eigenvalue weighted by molar-refractivity contribution is 0.251. The molecule has 3 rings (SSSR count). The molecule has 0 aliphatic carbocycles. The highest BCUT2D eigenvalue weighted by Gasteiger charge is 2.12. The number of rotatable bonds is 6. The zero-order chi connectivity index (χ0) is 21.7. The quantitative estimate of drug-likeness (QED) is 0.522. The molecule has 0 aliphatic heterocycles. The third-order valence-electron chi connectivity index (χ3n) is 3.94. The Hall–Kier alpha value is -3.72. The maximum atomic E-state index is 13.6. The average Bonchev–Trinajstić information content (AvgIpc) is 2.69. The van der Waals surface area contributed by atoms with Gasteiger partial charge in [0.1, 0.15) is 29.5 Å². The van der Waals surface area contributed by atoms with Crippen molar-refractivity contribution in [3.63, 3.8) is 0 Å². The molecule has 2 amide bonds. The molecular weight excluding hydrogens is 416 g/mol. The monoisotopic (exact) mass is 431 g/mol. The molecule has 0 saturated carbocycles. The van der Waals surface area contributed by atoms with Gasteiger partial charge in [-0.05, 0) is 18.2 Å². The fourth-order valence-electron chi connectivity index (χ4n) is 2.44. The number of nitrogens with two attached hydrogens (primary N) is 1. The highest BCUT2D eigenvalue weighted by atomic mass is 35.5. The first-order valence-electron chi connectivity index (χ1n) is 8.56. The van der Waals surface area contributed by atoms with Gasteiger partial charge in [0.25, 0.3) is 0 Å². The smallest absolute Gasteiger partial charge is 0.319 e. The lowest BCUT2D eigenvalue weighted by Gasteiger charge is -2.12. The second-order valence-electron chi connectivity index (χ2n) is 5.97. The molecule has 0 radical (unpaired) electrons. The van der Waals surface area contributed by atoms with Gasteiger partial charge in [-0.25, -0.2) is 23.5 Å². The van der Waals surface area contributed by atoms with E-state index in [1.54, 1.807) is 6.07 Å². The number of nitrogens with one attached hydrogen (secondary N) is 2. The molecule has 0 unspecified atom stereocenters. The van der Waals surface area contributed by atoms with Gasteiger partial charge in [0.15, 0.2) is 0 Å². The molecule has 2 aromatic carbocycles. The highest BCUT2D eigenvalue weighted by Crippen LogP contribution is 2.31. The second kappa shape index (κ2) is 9.19. The summed E-state index contributed by atoms with van der Waals surface area (Å²) in [5, 5.41) is 5.20. The van der Waals surface area contributed by atoms with Crippen LogP contribution in [0.2, 0.25) is 5.02 Å². The Kier molecular flexibility index (Phi) is 6.43. The van der Waals surface area contributed by atoms with Crippen LogP contribution >= 0.6 is 11.6 Å². The summed E-state index contributed by atoms with van der Waals surface area (Å²) in [5.74, 6) is -0.679. The summed E-state index contributed by atoms with van der Waals surface area (Å²) in [6, 6.07) is 7.04. The lowest BCUT2D eigenvalue weighted by atomic mass is 10.2. The van der Waals surface area contributed by atoms with E-state index in [2.05, 4.69) is 27.2 Å². The fourth-order valence-corrected chi connectivity index (χ4v) is 2.66. The largest absolute Gasteiger partial charge is 0.438 e. The maximum absolute atomic E-state index is 13.6. The van der Waals surface area contributed by atoms with Crippen LogP contribution in [-0.2, 0) is 6.54 Å². The minimum atomic E-state index is -0.751. The van der Waals surface area contributed by atoms with E-state index in [-0.39, 0.29) is 28.8 Å². The number of halogens is 3. The van der Waals surface area contributed by atoms with Crippen molar-refractivity contribution in [1.29, 1.82) is 0 Å². The SMILES string of the molecule is C=Cc1c(N)ncnc1Oc1ccc(NC(=O)NCc2ccc(F)cc2F)c(Cl)c1. The molecule has 0 spiro atoms. The predicted molar refractivity (Wildman–Crippen MR) is 110 cm³/mol. The first-order chi connectivity index (χ1) is 14.4. The molecule has 1 heterocycles. The Morgan fingerprint density at radius 3 is 2.73 bits per heavy atom. The average molecular weight is 432 g/mol. The summed E-state index contributed by atoms with van der Waals surface area (Å²) in [6.07, 6.45) is 2.72. The van der Waals surface area contributed by atoms with Crippen LogP contribution in [-0.4, -0.2) is 16.0 Å². The van der Waals surface area contributed by atoms with E-state index >= 15 is 0 Å². The van der Waals surface area contributed by atoms with Gasteiger partial charge >= 0.3 is 6.03 Å². The number of hydrogen-bond donors (Lipinski definition) is 3. The minimum absolute atomic E-state index is 0.129. The standard InChI is InChI=1S/C20H16ClF2N5O2/c1-2-14-18(24)26-10-27-19(14)30-13-5-6-17(15(21)8-13)28-20(29)25-9-11-3-4-12(22)7-16(11)23/h2-8,10H,1,9H2,(H2,24,26,27)(H2,25,28,29). The van der Waals surface area contributed by atoms with Gasteiger partial charge in [-0.15, -0.1) is 0 Å². The molecule has 10 heteroatoms.